The fourth-order valence-electron chi connectivity index (χ4n) is 1.71. The molecule has 3 N–H and O–H groups in total. The van der Waals surface area contributed by atoms with Gasteiger partial charge in [-0.25, -0.2) is 0 Å². The molecule has 3 nitrogen and oxygen atoms in total. The number of benzene rings is 1. The molecule has 0 saturated carbocycles. The number of hydrogen-bond donors (Lipinski definition) is 2. The van der Waals surface area contributed by atoms with Crippen LogP contribution in [0.2, 0.25) is 5.02 Å². The van der Waals surface area contributed by atoms with Crippen molar-refractivity contribution in [3.63, 3.8) is 0 Å². The van der Waals surface area contributed by atoms with E-state index in [4.69, 9.17) is 28.6 Å². The Hall–Kier alpha value is -1.21. The van der Waals surface area contributed by atoms with Crippen LogP contribution in [0.5, 0.6) is 5.75 Å². The smallest absolute Gasteiger partial charge is 0.121 e. The van der Waals surface area contributed by atoms with Gasteiger partial charge in [0.15, 0.2) is 0 Å². The predicted octanol–water partition coefficient (Wildman–Crippen LogP) is 2.74. The Labute approximate surface area is 114 Å². The second-order valence-electron chi connectivity index (χ2n) is 4.15. The van der Waals surface area contributed by atoms with E-state index in [9.17, 15) is 0 Å². The van der Waals surface area contributed by atoms with Crippen LogP contribution in [0.25, 0.3) is 0 Å². The van der Waals surface area contributed by atoms with Gasteiger partial charge in [-0.15, -0.1) is 12.3 Å². The van der Waals surface area contributed by atoms with Gasteiger partial charge in [0.1, 0.15) is 11.9 Å². The van der Waals surface area contributed by atoms with Gasteiger partial charge < -0.3 is 4.74 Å². The monoisotopic (exact) mass is 266 g/mol. The van der Waals surface area contributed by atoms with Gasteiger partial charge in [-0.1, -0.05) is 17.7 Å². The van der Waals surface area contributed by atoms with Crippen molar-refractivity contribution in [3.8, 4) is 18.1 Å². The van der Waals surface area contributed by atoms with Crippen LogP contribution in [-0.2, 0) is 0 Å². The van der Waals surface area contributed by atoms with Crippen molar-refractivity contribution in [1.29, 1.82) is 0 Å². The molecule has 1 rings (SSSR count). The van der Waals surface area contributed by atoms with E-state index >= 15 is 0 Å². The molecule has 0 radical (unpaired) electrons. The Morgan fingerprint density at radius 3 is 2.94 bits per heavy atom. The molecule has 0 aliphatic heterocycles. The summed E-state index contributed by atoms with van der Waals surface area (Å²) in [6, 6.07) is 7.39. The summed E-state index contributed by atoms with van der Waals surface area (Å²) in [6.07, 6.45) is 7.73. The predicted molar refractivity (Wildman–Crippen MR) is 75.3 cm³/mol. The largest absolute Gasteiger partial charge is 0.489 e. The Morgan fingerprint density at radius 2 is 2.33 bits per heavy atom. The quantitative estimate of drug-likeness (QED) is 0.345. The molecule has 1 aromatic rings. The van der Waals surface area contributed by atoms with E-state index in [2.05, 4.69) is 11.3 Å². The molecule has 0 bridgehead atoms. The third kappa shape index (κ3) is 4.97. The third-order valence-corrected chi connectivity index (χ3v) is 2.97. The maximum absolute atomic E-state index is 5.90. The summed E-state index contributed by atoms with van der Waals surface area (Å²) >= 11 is 5.90. The zero-order valence-corrected chi connectivity index (χ0v) is 11.3. The SMILES string of the molecule is C#CCCCC(NN)C(C)Oc1cccc(Cl)c1. The second kappa shape index (κ2) is 7.99. The maximum atomic E-state index is 5.90. The van der Waals surface area contributed by atoms with Crippen molar-refractivity contribution in [2.45, 2.75) is 38.3 Å². The van der Waals surface area contributed by atoms with Gasteiger partial charge in [-0.2, -0.15) is 0 Å². The molecule has 0 aromatic heterocycles. The molecule has 0 spiro atoms. The molecule has 1 aromatic carbocycles. The van der Waals surface area contributed by atoms with Gasteiger partial charge in [0.25, 0.3) is 0 Å². The van der Waals surface area contributed by atoms with E-state index in [0.29, 0.717) is 5.02 Å². The Kier molecular flexibility index (Phi) is 6.59. The van der Waals surface area contributed by atoms with Crippen LogP contribution in [-0.4, -0.2) is 12.1 Å². The van der Waals surface area contributed by atoms with Crippen LogP contribution < -0.4 is 16.0 Å². The lowest BCUT2D eigenvalue weighted by molar-refractivity contribution is 0.163. The number of halogens is 1. The van der Waals surface area contributed by atoms with E-state index in [0.717, 1.165) is 25.0 Å². The first-order valence-corrected chi connectivity index (χ1v) is 6.37. The minimum absolute atomic E-state index is 0.0498. The molecule has 0 amide bonds. The standard InChI is InChI=1S/C14H19ClN2O/c1-3-4-5-9-14(17-16)11(2)18-13-8-6-7-12(15)10-13/h1,6-8,10-11,14,17H,4-5,9,16H2,2H3. The molecule has 0 aliphatic carbocycles. The van der Waals surface area contributed by atoms with Gasteiger partial charge in [0, 0.05) is 11.4 Å². The molecule has 0 fully saturated rings. The summed E-state index contributed by atoms with van der Waals surface area (Å²) in [5.74, 6) is 8.89. The minimum Gasteiger partial charge on any atom is -0.489 e. The number of rotatable bonds is 7. The summed E-state index contributed by atoms with van der Waals surface area (Å²) in [5, 5.41) is 0.657. The molecule has 4 heteroatoms. The van der Waals surface area contributed by atoms with Crippen molar-refractivity contribution in [1.82, 2.24) is 5.43 Å². The molecule has 2 atom stereocenters. The van der Waals surface area contributed by atoms with E-state index in [1.165, 1.54) is 0 Å². The molecular weight excluding hydrogens is 248 g/mol. The fraction of sp³-hybridized carbons (Fsp3) is 0.429. The molecule has 18 heavy (non-hydrogen) atoms. The van der Waals surface area contributed by atoms with Gasteiger partial charge in [0.2, 0.25) is 0 Å². The van der Waals surface area contributed by atoms with Gasteiger partial charge in [-0.05, 0) is 38.0 Å². The van der Waals surface area contributed by atoms with Crippen molar-refractivity contribution in [2.24, 2.45) is 5.84 Å². The topological polar surface area (TPSA) is 47.3 Å². The third-order valence-electron chi connectivity index (χ3n) is 2.74. The number of nitrogens with two attached hydrogens (primary N) is 1. The van der Waals surface area contributed by atoms with Crippen LogP contribution in [0.3, 0.4) is 0 Å². The Bertz CT molecular complexity index is 403. The molecule has 0 heterocycles. The first-order valence-electron chi connectivity index (χ1n) is 5.99. The number of hydrazine groups is 1. The maximum Gasteiger partial charge on any atom is 0.121 e. The van der Waals surface area contributed by atoms with Crippen LogP contribution in [0.4, 0.5) is 0 Å². The van der Waals surface area contributed by atoms with Crippen molar-refractivity contribution >= 4 is 11.6 Å². The summed E-state index contributed by atoms with van der Waals surface area (Å²) in [4.78, 5) is 0. The molecular formula is C14H19ClN2O. The minimum atomic E-state index is -0.0498. The average Bonchev–Trinajstić information content (AvgIpc) is 2.34. The lowest BCUT2D eigenvalue weighted by Gasteiger charge is -2.24. The second-order valence-corrected chi connectivity index (χ2v) is 4.59. The Morgan fingerprint density at radius 1 is 1.56 bits per heavy atom. The highest BCUT2D eigenvalue weighted by Crippen LogP contribution is 2.19. The average molecular weight is 267 g/mol. The molecule has 2 unspecified atom stereocenters. The fourth-order valence-corrected chi connectivity index (χ4v) is 1.89. The van der Waals surface area contributed by atoms with Gasteiger partial charge >= 0.3 is 0 Å². The lowest BCUT2D eigenvalue weighted by Crippen LogP contribution is -2.45. The zero-order chi connectivity index (χ0) is 13.4. The van der Waals surface area contributed by atoms with E-state index < -0.39 is 0 Å². The number of nitrogens with one attached hydrogen (secondary N) is 1. The summed E-state index contributed by atoms with van der Waals surface area (Å²) in [6.45, 7) is 1.97. The van der Waals surface area contributed by atoms with Crippen molar-refractivity contribution < 1.29 is 4.74 Å². The van der Waals surface area contributed by atoms with Crippen molar-refractivity contribution in [3.05, 3.63) is 29.3 Å². The van der Waals surface area contributed by atoms with Gasteiger partial charge in [0.05, 0.1) is 6.04 Å². The van der Waals surface area contributed by atoms with Crippen LogP contribution in [0.15, 0.2) is 24.3 Å². The lowest BCUT2D eigenvalue weighted by atomic mass is 10.1. The van der Waals surface area contributed by atoms with E-state index in [1.807, 2.05) is 25.1 Å². The molecule has 0 aliphatic rings. The first kappa shape index (κ1) is 14.8. The highest BCUT2D eigenvalue weighted by Gasteiger charge is 2.17. The van der Waals surface area contributed by atoms with E-state index in [-0.39, 0.29) is 12.1 Å². The van der Waals surface area contributed by atoms with Crippen LogP contribution >= 0.6 is 11.6 Å². The van der Waals surface area contributed by atoms with Crippen molar-refractivity contribution in [2.75, 3.05) is 0 Å². The molecule has 0 saturated heterocycles. The highest BCUT2D eigenvalue weighted by molar-refractivity contribution is 6.30. The van der Waals surface area contributed by atoms with Gasteiger partial charge in [-0.3, -0.25) is 11.3 Å². The number of hydrogen-bond acceptors (Lipinski definition) is 3. The normalized spacial score (nSPS) is 13.7. The number of ether oxygens (including phenoxy) is 1. The number of terminal acetylenes is 1. The molecule has 98 valence electrons. The highest BCUT2D eigenvalue weighted by atomic mass is 35.5. The summed E-state index contributed by atoms with van der Waals surface area (Å²) < 4.78 is 5.80. The first-order chi connectivity index (χ1) is 8.67. The summed E-state index contributed by atoms with van der Waals surface area (Å²) in [7, 11) is 0. The van der Waals surface area contributed by atoms with E-state index in [1.54, 1.807) is 6.07 Å². The zero-order valence-electron chi connectivity index (χ0n) is 10.5. The number of unbranched alkanes of at least 4 members (excludes halogenated alkanes) is 1. The Balaban J connectivity index is 2.51. The summed E-state index contributed by atoms with van der Waals surface area (Å²) in [5.41, 5.74) is 2.77. The van der Waals surface area contributed by atoms with Crippen LogP contribution in [0, 0.1) is 12.3 Å². The van der Waals surface area contributed by atoms with Crippen LogP contribution in [0.1, 0.15) is 26.2 Å².